The minimum Gasteiger partial charge on any atom is -0.308 e. The molecule has 0 saturated carbocycles. The molecule has 2 N–H and O–H groups in total. The largest absolute Gasteiger partial charge is 0.308 e. The molecule has 142 valence electrons. The van der Waals surface area contributed by atoms with E-state index in [9.17, 15) is 8.42 Å². The molecule has 1 aromatic heterocycles. The average Bonchev–Trinajstić information content (AvgIpc) is 3.11. The first kappa shape index (κ1) is 19.3. The van der Waals surface area contributed by atoms with Crippen molar-refractivity contribution in [2.45, 2.75) is 24.9 Å². The fourth-order valence-corrected chi connectivity index (χ4v) is 3.65. The molecule has 7 heteroatoms. The lowest BCUT2D eigenvalue weighted by Crippen LogP contribution is -2.22. The molecule has 0 aliphatic rings. The first-order valence-corrected chi connectivity index (χ1v) is 10.1. The Hall–Kier alpha value is -2.48. The van der Waals surface area contributed by atoms with Gasteiger partial charge in [0.1, 0.15) is 0 Å². The van der Waals surface area contributed by atoms with Crippen LogP contribution in [0, 0.1) is 6.92 Å². The van der Waals surface area contributed by atoms with Gasteiger partial charge in [-0.2, -0.15) is 5.10 Å². The Morgan fingerprint density at radius 1 is 1.00 bits per heavy atom. The van der Waals surface area contributed by atoms with Gasteiger partial charge in [-0.25, -0.2) is 12.7 Å². The molecule has 0 aliphatic heterocycles. The second-order valence-corrected chi connectivity index (χ2v) is 8.82. The Balaban J connectivity index is 1.63. The summed E-state index contributed by atoms with van der Waals surface area (Å²) in [5, 5.41) is 10.6. The molecule has 0 radical (unpaired) electrons. The number of benzene rings is 2. The van der Waals surface area contributed by atoms with Crippen LogP contribution < -0.4 is 5.32 Å². The number of hydrogen-bond acceptors (Lipinski definition) is 4. The summed E-state index contributed by atoms with van der Waals surface area (Å²) in [5.74, 6) is 0. The fraction of sp³-hybridized carbons (Fsp3) is 0.250. The topological polar surface area (TPSA) is 78.1 Å². The maximum absolute atomic E-state index is 12.1. The van der Waals surface area contributed by atoms with Crippen molar-refractivity contribution in [1.29, 1.82) is 0 Å². The maximum Gasteiger partial charge on any atom is 0.242 e. The van der Waals surface area contributed by atoms with E-state index >= 15 is 0 Å². The van der Waals surface area contributed by atoms with Gasteiger partial charge in [-0.05, 0) is 30.2 Å². The highest BCUT2D eigenvalue weighted by molar-refractivity contribution is 7.89. The normalized spacial score (nSPS) is 11.9. The molecule has 0 fully saturated rings. The van der Waals surface area contributed by atoms with Crippen LogP contribution in [0.25, 0.3) is 11.3 Å². The molecule has 0 unspecified atom stereocenters. The number of rotatable bonds is 7. The first-order valence-electron chi connectivity index (χ1n) is 8.69. The predicted molar refractivity (Wildman–Crippen MR) is 107 cm³/mol. The van der Waals surface area contributed by atoms with E-state index in [4.69, 9.17) is 0 Å². The number of nitrogens with zero attached hydrogens (tertiary/aromatic N) is 2. The third kappa shape index (κ3) is 4.44. The van der Waals surface area contributed by atoms with Gasteiger partial charge in [-0.1, -0.05) is 42.0 Å². The molecular formula is C20H24N4O2S. The summed E-state index contributed by atoms with van der Waals surface area (Å²) in [4.78, 5) is 0.299. The molecule has 0 aliphatic carbocycles. The van der Waals surface area contributed by atoms with Crippen LogP contribution in [-0.2, 0) is 23.1 Å². The van der Waals surface area contributed by atoms with Crippen molar-refractivity contribution in [3.63, 3.8) is 0 Å². The Kier molecular flexibility index (Phi) is 5.74. The van der Waals surface area contributed by atoms with Crippen molar-refractivity contribution >= 4 is 10.0 Å². The van der Waals surface area contributed by atoms with Crippen molar-refractivity contribution in [3.8, 4) is 11.3 Å². The Labute approximate surface area is 160 Å². The van der Waals surface area contributed by atoms with Crippen LogP contribution in [0.3, 0.4) is 0 Å². The molecule has 27 heavy (non-hydrogen) atoms. The van der Waals surface area contributed by atoms with Crippen molar-refractivity contribution in [3.05, 3.63) is 71.4 Å². The van der Waals surface area contributed by atoms with Gasteiger partial charge in [0.05, 0.1) is 16.8 Å². The second-order valence-electron chi connectivity index (χ2n) is 6.67. The van der Waals surface area contributed by atoms with E-state index < -0.39 is 10.0 Å². The zero-order chi connectivity index (χ0) is 19.4. The minimum absolute atomic E-state index is 0.299. The molecule has 0 amide bonds. The van der Waals surface area contributed by atoms with Gasteiger partial charge < -0.3 is 5.32 Å². The summed E-state index contributed by atoms with van der Waals surface area (Å²) < 4.78 is 25.4. The van der Waals surface area contributed by atoms with E-state index in [1.54, 1.807) is 12.1 Å². The summed E-state index contributed by atoms with van der Waals surface area (Å²) in [6.45, 7) is 3.37. The number of aromatic nitrogens is 2. The Bertz CT molecular complexity index is 991. The third-order valence-electron chi connectivity index (χ3n) is 4.40. The summed E-state index contributed by atoms with van der Waals surface area (Å²) in [7, 11) is -0.330. The first-order chi connectivity index (χ1) is 12.9. The smallest absolute Gasteiger partial charge is 0.242 e. The van der Waals surface area contributed by atoms with Crippen LogP contribution >= 0.6 is 0 Å². The van der Waals surface area contributed by atoms with Gasteiger partial charge >= 0.3 is 0 Å². The van der Waals surface area contributed by atoms with E-state index in [1.165, 1.54) is 24.0 Å². The molecule has 0 spiro atoms. The van der Waals surface area contributed by atoms with Crippen LogP contribution in [0.2, 0.25) is 0 Å². The molecule has 0 saturated heterocycles. The van der Waals surface area contributed by atoms with Crippen molar-refractivity contribution in [1.82, 2.24) is 19.8 Å². The minimum atomic E-state index is -3.39. The number of H-pyrrole nitrogens is 1. The maximum atomic E-state index is 12.1. The monoisotopic (exact) mass is 384 g/mol. The van der Waals surface area contributed by atoms with E-state index in [1.807, 2.05) is 18.3 Å². The molecule has 6 nitrogen and oxygen atoms in total. The van der Waals surface area contributed by atoms with Crippen LogP contribution in [-0.4, -0.2) is 37.0 Å². The predicted octanol–water partition coefficient (Wildman–Crippen LogP) is 2.93. The average molecular weight is 385 g/mol. The van der Waals surface area contributed by atoms with Crippen LogP contribution in [0.15, 0.2) is 59.6 Å². The Morgan fingerprint density at radius 2 is 1.67 bits per heavy atom. The summed E-state index contributed by atoms with van der Waals surface area (Å²) >= 11 is 0. The molecule has 3 rings (SSSR count). The van der Waals surface area contributed by atoms with Crippen molar-refractivity contribution < 1.29 is 8.42 Å². The van der Waals surface area contributed by atoms with E-state index in [0.717, 1.165) is 22.4 Å². The molecule has 2 aromatic carbocycles. The van der Waals surface area contributed by atoms with Crippen molar-refractivity contribution in [2.24, 2.45) is 0 Å². The number of nitrogens with one attached hydrogen (secondary N) is 2. The zero-order valence-electron chi connectivity index (χ0n) is 15.7. The zero-order valence-corrected chi connectivity index (χ0v) is 16.5. The standard InChI is InChI=1S/C20H24N4O2S/c1-15-4-8-17(9-5-15)20-18(14-22-23-20)13-21-12-16-6-10-19(11-7-16)27(25,26)24(2)3/h4-11,14,21H,12-13H2,1-3H3,(H,22,23). The van der Waals surface area contributed by atoms with Gasteiger partial charge in [-0.3, -0.25) is 5.10 Å². The summed E-state index contributed by atoms with van der Waals surface area (Å²) in [5.41, 5.74) is 5.44. The lowest BCUT2D eigenvalue weighted by Gasteiger charge is -2.12. The highest BCUT2D eigenvalue weighted by Crippen LogP contribution is 2.21. The molecular weight excluding hydrogens is 360 g/mol. The number of aromatic amines is 1. The Morgan fingerprint density at radius 3 is 2.30 bits per heavy atom. The van der Waals surface area contributed by atoms with E-state index in [-0.39, 0.29) is 0 Å². The van der Waals surface area contributed by atoms with Crippen LogP contribution in [0.1, 0.15) is 16.7 Å². The van der Waals surface area contributed by atoms with Gasteiger partial charge in [0, 0.05) is 32.7 Å². The molecule has 0 atom stereocenters. The number of sulfonamides is 1. The SMILES string of the molecule is Cc1ccc(-c2[nH]ncc2CNCc2ccc(S(=O)(=O)N(C)C)cc2)cc1. The van der Waals surface area contributed by atoms with E-state index in [2.05, 4.69) is 46.7 Å². The molecule has 0 bridgehead atoms. The number of hydrogen-bond donors (Lipinski definition) is 2. The summed E-state index contributed by atoms with van der Waals surface area (Å²) in [6.07, 6.45) is 1.83. The van der Waals surface area contributed by atoms with E-state index in [0.29, 0.717) is 18.0 Å². The lowest BCUT2D eigenvalue weighted by atomic mass is 10.1. The van der Waals surface area contributed by atoms with Crippen molar-refractivity contribution in [2.75, 3.05) is 14.1 Å². The lowest BCUT2D eigenvalue weighted by molar-refractivity contribution is 0.520. The van der Waals surface area contributed by atoms with Gasteiger partial charge in [0.25, 0.3) is 0 Å². The highest BCUT2D eigenvalue weighted by Gasteiger charge is 2.16. The summed E-state index contributed by atoms with van der Waals surface area (Å²) in [6, 6.07) is 15.3. The van der Waals surface area contributed by atoms with Gasteiger partial charge in [-0.15, -0.1) is 0 Å². The second kappa shape index (κ2) is 8.04. The fourth-order valence-electron chi connectivity index (χ4n) is 2.75. The molecule has 1 heterocycles. The van der Waals surface area contributed by atoms with Gasteiger partial charge in [0.2, 0.25) is 10.0 Å². The van der Waals surface area contributed by atoms with Crippen LogP contribution in [0.4, 0.5) is 0 Å². The third-order valence-corrected chi connectivity index (χ3v) is 6.23. The highest BCUT2D eigenvalue weighted by atomic mass is 32.2. The molecule has 3 aromatic rings. The number of aryl methyl sites for hydroxylation is 1. The van der Waals surface area contributed by atoms with Gasteiger partial charge in [0.15, 0.2) is 0 Å². The quantitative estimate of drug-likeness (QED) is 0.657. The van der Waals surface area contributed by atoms with Crippen LogP contribution in [0.5, 0.6) is 0 Å².